The molecular formula is C19H21ClN2O2. The molecule has 1 aromatic heterocycles. The van der Waals surface area contributed by atoms with E-state index in [1.807, 2.05) is 30.3 Å². The summed E-state index contributed by atoms with van der Waals surface area (Å²) in [5, 5.41) is 13.8. The van der Waals surface area contributed by atoms with Crippen LogP contribution in [0.4, 0.5) is 0 Å². The predicted molar refractivity (Wildman–Crippen MR) is 96.8 cm³/mol. The minimum Gasteiger partial charge on any atom is -0.396 e. The molecule has 1 heterocycles. The number of halogens is 1. The van der Waals surface area contributed by atoms with Gasteiger partial charge in [0.2, 0.25) is 5.91 Å². The van der Waals surface area contributed by atoms with Crippen molar-refractivity contribution in [2.45, 2.75) is 31.7 Å². The van der Waals surface area contributed by atoms with Crippen LogP contribution in [0.25, 0.3) is 17.0 Å². The van der Waals surface area contributed by atoms with Crippen LogP contribution in [0.1, 0.15) is 31.4 Å². The number of nitrogens with one attached hydrogen (secondary N) is 1. The maximum atomic E-state index is 12.1. The van der Waals surface area contributed by atoms with E-state index in [1.165, 1.54) is 6.08 Å². The molecule has 1 aromatic carbocycles. The van der Waals surface area contributed by atoms with Gasteiger partial charge in [0.1, 0.15) is 0 Å². The molecule has 1 amide bonds. The summed E-state index contributed by atoms with van der Waals surface area (Å²) in [6.07, 6.45) is 7.04. The summed E-state index contributed by atoms with van der Waals surface area (Å²) >= 11 is 5.99. The van der Waals surface area contributed by atoms with Gasteiger partial charge in [-0.25, -0.2) is 4.98 Å². The highest BCUT2D eigenvalue weighted by atomic mass is 35.5. The summed E-state index contributed by atoms with van der Waals surface area (Å²) < 4.78 is 0. The van der Waals surface area contributed by atoms with E-state index in [-0.39, 0.29) is 18.6 Å². The maximum Gasteiger partial charge on any atom is 0.244 e. The number of aliphatic hydroxyl groups is 1. The molecule has 0 aliphatic heterocycles. The third-order valence-corrected chi connectivity index (χ3v) is 4.77. The van der Waals surface area contributed by atoms with E-state index in [1.54, 1.807) is 6.08 Å². The molecule has 126 valence electrons. The molecule has 0 spiro atoms. The Labute approximate surface area is 146 Å². The Morgan fingerprint density at radius 3 is 2.75 bits per heavy atom. The van der Waals surface area contributed by atoms with Gasteiger partial charge in [0.05, 0.1) is 11.2 Å². The first-order chi connectivity index (χ1) is 11.6. The summed E-state index contributed by atoms with van der Waals surface area (Å²) in [5.41, 5.74) is 1.54. The molecule has 0 saturated heterocycles. The highest BCUT2D eigenvalue weighted by molar-refractivity contribution is 6.31. The van der Waals surface area contributed by atoms with Crippen molar-refractivity contribution in [3.8, 4) is 0 Å². The van der Waals surface area contributed by atoms with Crippen LogP contribution in [-0.4, -0.2) is 28.6 Å². The van der Waals surface area contributed by atoms with Crippen LogP contribution in [0, 0.1) is 5.92 Å². The van der Waals surface area contributed by atoms with Gasteiger partial charge in [-0.15, -0.1) is 0 Å². The second kappa shape index (κ2) is 7.77. The van der Waals surface area contributed by atoms with E-state index < -0.39 is 0 Å². The number of pyridine rings is 1. The summed E-state index contributed by atoms with van der Waals surface area (Å²) in [6.45, 7) is 0.248. The number of fused-ring (bicyclic) bond motifs is 1. The monoisotopic (exact) mass is 344 g/mol. The number of carbonyl (C=O) groups excluding carboxylic acids is 1. The standard InChI is InChI=1S/C19H21ClN2O2/c20-15-5-3-14-4-8-16(21-18(14)11-15)9-10-19(24)22-17-6-1-13(12-23)2-7-17/h3-5,8-11,13,17,23H,1-2,6-7,12H2,(H,22,24)/b10-9+. The Bertz CT molecular complexity index is 752. The van der Waals surface area contributed by atoms with Crippen molar-refractivity contribution in [2.75, 3.05) is 6.61 Å². The number of rotatable bonds is 4. The van der Waals surface area contributed by atoms with Crippen LogP contribution in [-0.2, 0) is 4.79 Å². The zero-order chi connectivity index (χ0) is 16.9. The average molecular weight is 345 g/mol. The smallest absolute Gasteiger partial charge is 0.244 e. The van der Waals surface area contributed by atoms with Crippen LogP contribution in [0.15, 0.2) is 36.4 Å². The van der Waals surface area contributed by atoms with Crippen molar-refractivity contribution in [1.29, 1.82) is 0 Å². The number of amides is 1. The summed E-state index contributed by atoms with van der Waals surface area (Å²) in [5.74, 6) is 0.290. The number of hydrogen-bond acceptors (Lipinski definition) is 3. The fourth-order valence-electron chi connectivity index (χ4n) is 3.10. The van der Waals surface area contributed by atoms with E-state index in [4.69, 9.17) is 16.7 Å². The molecule has 0 radical (unpaired) electrons. The third-order valence-electron chi connectivity index (χ3n) is 4.53. The second-order valence-electron chi connectivity index (χ2n) is 6.32. The Morgan fingerprint density at radius 2 is 2.00 bits per heavy atom. The van der Waals surface area contributed by atoms with Gasteiger partial charge < -0.3 is 10.4 Å². The lowest BCUT2D eigenvalue weighted by Crippen LogP contribution is -2.37. The van der Waals surface area contributed by atoms with Crippen molar-refractivity contribution in [1.82, 2.24) is 10.3 Å². The fourth-order valence-corrected chi connectivity index (χ4v) is 3.26. The Morgan fingerprint density at radius 1 is 1.25 bits per heavy atom. The van der Waals surface area contributed by atoms with E-state index in [2.05, 4.69) is 10.3 Å². The molecule has 24 heavy (non-hydrogen) atoms. The topological polar surface area (TPSA) is 62.2 Å². The van der Waals surface area contributed by atoms with E-state index in [9.17, 15) is 4.79 Å². The maximum absolute atomic E-state index is 12.1. The molecule has 3 rings (SSSR count). The van der Waals surface area contributed by atoms with Crippen LogP contribution in [0.2, 0.25) is 5.02 Å². The number of aromatic nitrogens is 1. The summed E-state index contributed by atoms with van der Waals surface area (Å²) in [6, 6.07) is 9.62. The first kappa shape index (κ1) is 16.9. The molecule has 1 fully saturated rings. The molecule has 5 heteroatoms. The predicted octanol–water partition coefficient (Wildman–Crippen LogP) is 3.57. The normalized spacial score (nSPS) is 21.2. The van der Waals surface area contributed by atoms with Crippen molar-refractivity contribution in [3.05, 3.63) is 47.1 Å². The number of nitrogens with zero attached hydrogens (tertiary/aromatic N) is 1. The molecule has 4 nitrogen and oxygen atoms in total. The molecule has 0 atom stereocenters. The summed E-state index contributed by atoms with van der Waals surface area (Å²) in [4.78, 5) is 16.6. The van der Waals surface area contributed by atoms with Crippen LogP contribution in [0.3, 0.4) is 0 Å². The fraction of sp³-hybridized carbons (Fsp3) is 0.368. The second-order valence-corrected chi connectivity index (χ2v) is 6.75. The minimum atomic E-state index is -0.101. The molecule has 0 unspecified atom stereocenters. The highest BCUT2D eigenvalue weighted by Crippen LogP contribution is 2.23. The van der Waals surface area contributed by atoms with Crippen molar-refractivity contribution in [2.24, 2.45) is 5.92 Å². The summed E-state index contributed by atoms with van der Waals surface area (Å²) in [7, 11) is 0. The Kier molecular flexibility index (Phi) is 5.48. The molecule has 1 aliphatic carbocycles. The SMILES string of the molecule is O=C(/C=C/c1ccc2ccc(Cl)cc2n1)NC1CCC(CO)CC1. The van der Waals surface area contributed by atoms with Crippen molar-refractivity contribution >= 4 is 34.5 Å². The lowest BCUT2D eigenvalue weighted by molar-refractivity contribution is -0.117. The van der Waals surface area contributed by atoms with Crippen LogP contribution >= 0.6 is 11.6 Å². The number of carbonyl (C=O) groups is 1. The lowest BCUT2D eigenvalue weighted by Gasteiger charge is -2.27. The molecule has 1 aliphatic rings. The Balaban J connectivity index is 1.60. The van der Waals surface area contributed by atoms with E-state index >= 15 is 0 Å². The Hall–Kier alpha value is -1.91. The zero-order valence-electron chi connectivity index (χ0n) is 13.4. The first-order valence-corrected chi connectivity index (χ1v) is 8.67. The van der Waals surface area contributed by atoms with Crippen molar-refractivity contribution < 1.29 is 9.90 Å². The van der Waals surface area contributed by atoms with Gasteiger partial charge in [-0.05, 0) is 55.9 Å². The molecule has 2 aromatic rings. The van der Waals surface area contributed by atoms with Crippen LogP contribution < -0.4 is 5.32 Å². The van der Waals surface area contributed by atoms with Gasteiger partial charge in [0.25, 0.3) is 0 Å². The quantitative estimate of drug-likeness (QED) is 0.833. The average Bonchev–Trinajstić information content (AvgIpc) is 2.60. The first-order valence-electron chi connectivity index (χ1n) is 8.30. The van der Waals surface area contributed by atoms with Gasteiger partial charge in [-0.2, -0.15) is 0 Å². The van der Waals surface area contributed by atoms with Gasteiger partial charge >= 0.3 is 0 Å². The van der Waals surface area contributed by atoms with Gasteiger partial charge in [0, 0.05) is 29.1 Å². The van der Waals surface area contributed by atoms with Gasteiger partial charge in [-0.1, -0.05) is 23.7 Å². The largest absolute Gasteiger partial charge is 0.396 e. The van der Waals surface area contributed by atoms with Gasteiger partial charge in [0.15, 0.2) is 0 Å². The number of benzene rings is 1. The third kappa shape index (κ3) is 4.34. The number of aliphatic hydroxyl groups excluding tert-OH is 1. The zero-order valence-corrected chi connectivity index (χ0v) is 14.2. The van der Waals surface area contributed by atoms with Crippen molar-refractivity contribution in [3.63, 3.8) is 0 Å². The lowest BCUT2D eigenvalue weighted by atomic mass is 9.86. The minimum absolute atomic E-state index is 0.101. The number of hydrogen-bond donors (Lipinski definition) is 2. The van der Waals surface area contributed by atoms with Gasteiger partial charge in [-0.3, -0.25) is 4.79 Å². The molecule has 2 N–H and O–H groups in total. The van der Waals surface area contributed by atoms with E-state index in [0.29, 0.717) is 10.9 Å². The molecular weight excluding hydrogens is 324 g/mol. The van der Waals surface area contributed by atoms with E-state index in [0.717, 1.165) is 42.3 Å². The molecule has 0 bridgehead atoms. The highest BCUT2D eigenvalue weighted by Gasteiger charge is 2.21. The van der Waals surface area contributed by atoms with Crippen LogP contribution in [0.5, 0.6) is 0 Å². The molecule has 1 saturated carbocycles.